The standard InChI is InChI=1S/C30H34N4O4.ClH/c1-3-4-12-27-26(29(35)34(20(2)31-27)19-23-9-7-8-17-37-23)18-21-13-15-22(16-14-21)24-10-5-6-11-25(24)28-32-30(36)38-33-28;/h5-6,10-11,13-16,23H,3-4,7-9,12,17-19H2,1-2H3,(H,32,33,36);1H. The monoisotopic (exact) mass is 550 g/mol. The molecule has 0 saturated carbocycles. The third-order valence-corrected chi connectivity index (χ3v) is 7.23. The Morgan fingerprint density at radius 2 is 1.82 bits per heavy atom. The second-order valence-corrected chi connectivity index (χ2v) is 9.96. The highest BCUT2D eigenvalue weighted by Crippen LogP contribution is 2.30. The van der Waals surface area contributed by atoms with E-state index in [-0.39, 0.29) is 24.1 Å². The van der Waals surface area contributed by atoms with Gasteiger partial charge in [-0.3, -0.25) is 18.9 Å². The predicted molar refractivity (Wildman–Crippen MR) is 153 cm³/mol. The first-order valence-electron chi connectivity index (χ1n) is 13.5. The molecule has 4 aromatic rings. The van der Waals surface area contributed by atoms with E-state index in [1.807, 2.05) is 47.9 Å². The summed E-state index contributed by atoms with van der Waals surface area (Å²) in [4.78, 5) is 32.8. The minimum absolute atomic E-state index is 0. The van der Waals surface area contributed by atoms with Crippen molar-refractivity contribution in [2.24, 2.45) is 0 Å². The number of ether oxygens (including phenoxy) is 1. The van der Waals surface area contributed by atoms with Gasteiger partial charge in [-0.2, -0.15) is 0 Å². The first kappa shape index (κ1) is 28.5. The Balaban J connectivity index is 0.00000353. The lowest BCUT2D eigenvalue weighted by Crippen LogP contribution is -2.35. The molecule has 3 heterocycles. The van der Waals surface area contributed by atoms with Gasteiger partial charge >= 0.3 is 5.76 Å². The van der Waals surface area contributed by atoms with E-state index >= 15 is 0 Å². The van der Waals surface area contributed by atoms with Crippen molar-refractivity contribution in [3.8, 4) is 22.5 Å². The fraction of sp³-hybridized carbons (Fsp3) is 0.400. The van der Waals surface area contributed by atoms with E-state index in [0.717, 1.165) is 84.5 Å². The summed E-state index contributed by atoms with van der Waals surface area (Å²) < 4.78 is 12.4. The van der Waals surface area contributed by atoms with Gasteiger partial charge in [0.2, 0.25) is 0 Å². The minimum Gasteiger partial charge on any atom is -0.376 e. The maximum Gasteiger partial charge on any atom is 0.439 e. The summed E-state index contributed by atoms with van der Waals surface area (Å²) in [5.74, 6) is 0.566. The molecule has 1 unspecified atom stereocenters. The van der Waals surface area contributed by atoms with Crippen LogP contribution in [0.3, 0.4) is 0 Å². The molecular formula is C30H35ClN4O4. The molecule has 0 radical (unpaired) electrons. The Kier molecular flexibility index (Phi) is 9.54. The van der Waals surface area contributed by atoms with E-state index in [1.54, 1.807) is 0 Å². The van der Waals surface area contributed by atoms with Crippen molar-refractivity contribution in [3.05, 3.63) is 92.1 Å². The molecule has 1 saturated heterocycles. The third kappa shape index (κ3) is 6.57. The van der Waals surface area contributed by atoms with E-state index in [9.17, 15) is 9.59 Å². The van der Waals surface area contributed by atoms with Crippen molar-refractivity contribution in [2.75, 3.05) is 6.61 Å². The van der Waals surface area contributed by atoms with Crippen molar-refractivity contribution in [1.82, 2.24) is 19.7 Å². The molecule has 206 valence electrons. The smallest absolute Gasteiger partial charge is 0.376 e. The van der Waals surface area contributed by atoms with Crippen molar-refractivity contribution in [1.29, 1.82) is 0 Å². The van der Waals surface area contributed by atoms with Crippen LogP contribution >= 0.6 is 12.4 Å². The Morgan fingerprint density at radius 3 is 2.49 bits per heavy atom. The molecule has 1 N–H and O–H groups in total. The molecule has 1 atom stereocenters. The average Bonchev–Trinajstić information content (AvgIpc) is 3.38. The number of nitrogens with zero attached hydrogens (tertiary/aromatic N) is 3. The van der Waals surface area contributed by atoms with Crippen LogP contribution in [0, 0.1) is 6.92 Å². The molecule has 5 rings (SSSR count). The average molecular weight is 551 g/mol. The van der Waals surface area contributed by atoms with Gasteiger partial charge in [-0.25, -0.2) is 9.78 Å². The van der Waals surface area contributed by atoms with Crippen LogP contribution in [-0.4, -0.2) is 32.4 Å². The molecule has 2 aromatic carbocycles. The summed E-state index contributed by atoms with van der Waals surface area (Å²) in [6.07, 6.45) is 6.62. The van der Waals surface area contributed by atoms with Crippen molar-refractivity contribution in [3.63, 3.8) is 0 Å². The van der Waals surface area contributed by atoms with Gasteiger partial charge in [-0.05, 0) is 55.7 Å². The lowest BCUT2D eigenvalue weighted by molar-refractivity contribution is 0.00483. The number of aromatic nitrogens is 4. The number of benzene rings is 2. The predicted octanol–water partition coefficient (Wildman–Crippen LogP) is 5.49. The topological polar surface area (TPSA) is 103 Å². The third-order valence-electron chi connectivity index (χ3n) is 7.23. The van der Waals surface area contributed by atoms with Crippen LogP contribution < -0.4 is 11.3 Å². The number of H-pyrrole nitrogens is 1. The largest absolute Gasteiger partial charge is 0.439 e. The number of aromatic amines is 1. The van der Waals surface area contributed by atoms with Gasteiger partial charge in [0.05, 0.1) is 18.3 Å². The Labute approximate surface area is 233 Å². The number of aryl methyl sites for hydroxylation is 2. The van der Waals surface area contributed by atoms with Crippen LogP contribution in [0.2, 0.25) is 0 Å². The molecule has 2 aromatic heterocycles. The van der Waals surface area contributed by atoms with E-state index in [1.165, 1.54) is 0 Å². The summed E-state index contributed by atoms with van der Waals surface area (Å²) in [7, 11) is 0. The highest BCUT2D eigenvalue weighted by Gasteiger charge is 2.20. The van der Waals surface area contributed by atoms with Crippen molar-refractivity contribution in [2.45, 2.75) is 71.4 Å². The highest BCUT2D eigenvalue weighted by molar-refractivity contribution is 5.85. The van der Waals surface area contributed by atoms with Gasteiger partial charge in [-0.1, -0.05) is 67.0 Å². The van der Waals surface area contributed by atoms with Crippen LogP contribution in [0.25, 0.3) is 22.5 Å². The zero-order valence-corrected chi connectivity index (χ0v) is 23.3. The molecule has 39 heavy (non-hydrogen) atoms. The summed E-state index contributed by atoms with van der Waals surface area (Å²) in [6, 6.07) is 15.9. The first-order chi connectivity index (χ1) is 18.5. The molecule has 8 nitrogen and oxygen atoms in total. The second-order valence-electron chi connectivity index (χ2n) is 9.96. The number of rotatable bonds is 9. The molecule has 0 bridgehead atoms. The summed E-state index contributed by atoms with van der Waals surface area (Å²) in [5.41, 5.74) is 5.45. The molecule has 1 aliphatic rings. The van der Waals surface area contributed by atoms with Gasteiger partial charge in [0.1, 0.15) is 5.82 Å². The van der Waals surface area contributed by atoms with Crippen LogP contribution in [0.15, 0.2) is 62.6 Å². The summed E-state index contributed by atoms with van der Waals surface area (Å²) >= 11 is 0. The zero-order chi connectivity index (χ0) is 26.5. The normalized spacial score (nSPS) is 15.2. The van der Waals surface area contributed by atoms with Crippen LogP contribution in [0.1, 0.15) is 61.7 Å². The second kappa shape index (κ2) is 13.0. The van der Waals surface area contributed by atoms with Gasteiger partial charge < -0.3 is 4.74 Å². The molecule has 1 fully saturated rings. The molecule has 0 amide bonds. The maximum atomic E-state index is 13.8. The van der Waals surface area contributed by atoms with Crippen LogP contribution in [-0.2, 0) is 24.1 Å². The van der Waals surface area contributed by atoms with Crippen LogP contribution in [0.4, 0.5) is 0 Å². The molecule has 0 spiro atoms. The Bertz CT molecular complexity index is 1500. The van der Waals surface area contributed by atoms with E-state index in [0.29, 0.717) is 18.8 Å². The zero-order valence-electron chi connectivity index (χ0n) is 22.4. The minimum atomic E-state index is -0.587. The van der Waals surface area contributed by atoms with Crippen molar-refractivity contribution < 1.29 is 9.26 Å². The number of nitrogens with one attached hydrogen (secondary N) is 1. The van der Waals surface area contributed by atoms with Gasteiger partial charge in [0, 0.05) is 24.2 Å². The summed E-state index contributed by atoms with van der Waals surface area (Å²) in [6.45, 7) is 5.39. The number of hydrogen-bond donors (Lipinski definition) is 1. The van der Waals surface area contributed by atoms with Gasteiger partial charge in [-0.15, -0.1) is 12.4 Å². The van der Waals surface area contributed by atoms with Crippen molar-refractivity contribution >= 4 is 12.4 Å². The number of halogens is 1. The van der Waals surface area contributed by atoms with Gasteiger partial charge in [0.25, 0.3) is 5.56 Å². The highest BCUT2D eigenvalue weighted by atomic mass is 35.5. The molecular weight excluding hydrogens is 516 g/mol. The Morgan fingerprint density at radius 1 is 1.05 bits per heavy atom. The number of unbranched alkanes of at least 4 members (excludes halogenated alkanes) is 1. The lowest BCUT2D eigenvalue weighted by Gasteiger charge is -2.24. The fourth-order valence-corrected chi connectivity index (χ4v) is 5.15. The SMILES string of the molecule is CCCCc1nc(C)n(CC2CCCCO2)c(=O)c1Cc1ccc(-c2ccccc2-c2noc(=O)[nH]2)cc1.Cl. The Hall–Kier alpha value is -3.49. The van der Waals surface area contributed by atoms with E-state index in [2.05, 4.69) is 29.2 Å². The fourth-order valence-electron chi connectivity index (χ4n) is 5.15. The van der Waals surface area contributed by atoms with Gasteiger partial charge in [0.15, 0.2) is 5.82 Å². The van der Waals surface area contributed by atoms with E-state index in [4.69, 9.17) is 14.2 Å². The number of hydrogen-bond acceptors (Lipinski definition) is 6. The molecule has 1 aliphatic heterocycles. The maximum absolute atomic E-state index is 13.8. The quantitative estimate of drug-likeness (QED) is 0.296. The summed E-state index contributed by atoms with van der Waals surface area (Å²) in [5, 5.41) is 3.85. The van der Waals surface area contributed by atoms with E-state index < -0.39 is 5.76 Å². The molecule has 9 heteroatoms. The first-order valence-corrected chi connectivity index (χ1v) is 13.5. The van der Waals surface area contributed by atoms with Crippen LogP contribution in [0.5, 0.6) is 0 Å². The lowest BCUT2D eigenvalue weighted by atomic mass is 9.96. The molecule has 0 aliphatic carbocycles.